The number of hydrogen-bond donors (Lipinski definition) is 0. The molecule has 0 radical (unpaired) electrons. The molecule has 0 unspecified atom stereocenters. The molecule has 17 heavy (non-hydrogen) atoms. The number of halogens is 1. The van der Waals surface area contributed by atoms with Gasteiger partial charge < -0.3 is 9.84 Å². The van der Waals surface area contributed by atoms with E-state index in [9.17, 15) is 5.11 Å². The number of aliphatic imine (C=N–C) groups is 1. The second-order valence-corrected chi connectivity index (χ2v) is 4.55. The molecule has 0 aliphatic rings. The number of rotatable bonds is 2. The van der Waals surface area contributed by atoms with Crippen LogP contribution in [-0.2, 0) is 0 Å². The fourth-order valence-electron chi connectivity index (χ4n) is 1.52. The van der Waals surface area contributed by atoms with Crippen LogP contribution in [0.1, 0.15) is 5.56 Å². The number of quaternary nitrogens is 1. The molecule has 5 heteroatoms. The van der Waals surface area contributed by atoms with E-state index in [1.807, 2.05) is 19.1 Å². The third-order valence-corrected chi connectivity index (χ3v) is 2.29. The molecule has 0 atom stereocenters. The maximum Gasteiger partial charge on any atom is 0.149 e. The van der Waals surface area contributed by atoms with Gasteiger partial charge in [0.25, 0.3) is 0 Å². The number of ether oxygens (including phenoxy) is 1. The van der Waals surface area contributed by atoms with Crippen molar-refractivity contribution in [3.05, 3.63) is 23.8 Å². The molecule has 1 rings (SSSR count). The van der Waals surface area contributed by atoms with Gasteiger partial charge in [-0.25, -0.2) is 0 Å². The number of nitrogens with zero attached hydrogens (tertiary/aromatic N) is 2. The minimum absolute atomic E-state index is 0. The summed E-state index contributed by atoms with van der Waals surface area (Å²) < 4.78 is 5.72. The summed E-state index contributed by atoms with van der Waals surface area (Å²) in [6.07, 6.45) is -0.573. The molecule has 96 valence electrons. The molecule has 0 heterocycles. The molecule has 0 aliphatic heterocycles. The largest absolute Gasteiger partial charge is 0.566 e. The maximum absolute atomic E-state index is 11.0. The lowest BCUT2D eigenvalue weighted by Crippen LogP contribution is -2.35. The standard InChI is InChI=1S/C12H18N2O2.HI/c1-9-6-7-10(16-12(15)13-2)8-11(9)14(3,4)5;/h6-8H,1-5H3;1H. The van der Waals surface area contributed by atoms with Gasteiger partial charge in [-0.15, -0.1) is 24.0 Å². The molecular formula is C12H19IN2O2. The van der Waals surface area contributed by atoms with Crippen LogP contribution in [0.3, 0.4) is 0 Å². The lowest BCUT2D eigenvalue weighted by atomic mass is 10.1. The second-order valence-electron chi connectivity index (χ2n) is 4.55. The van der Waals surface area contributed by atoms with Gasteiger partial charge in [-0.3, -0.25) is 9.48 Å². The van der Waals surface area contributed by atoms with E-state index in [4.69, 9.17) is 4.74 Å². The van der Waals surface area contributed by atoms with E-state index in [-0.39, 0.29) is 24.0 Å². The first-order chi connectivity index (χ1) is 7.34. The van der Waals surface area contributed by atoms with Crippen molar-refractivity contribution in [2.24, 2.45) is 4.99 Å². The lowest BCUT2D eigenvalue weighted by molar-refractivity contribution is -0.240. The maximum atomic E-state index is 11.0. The van der Waals surface area contributed by atoms with Crippen LogP contribution in [0.25, 0.3) is 0 Å². The minimum atomic E-state index is -0.573. The first kappa shape index (κ1) is 16.2. The molecule has 0 saturated heterocycles. The van der Waals surface area contributed by atoms with E-state index in [0.29, 0.717) is 10.2 Å². The Hall–Kier alpha value is -0.820. The Morgan fingerprint density at radius 2 is 1.88 bits per heavy atom. The number of aryl methyl sites for hydroxylation is 1. The molecule has 4 nitrogen and oxygen atoms in total. The van der Waals surface area contributed by atoms with E-state index in [1.54, 1.807) is 6.07 Å². The summed E-state index contributed by atoms with van der Waals surface area (Å²) in [6, 6.07) is 5.59. The average Bonchev–Trinajstić information content (AvgIpc) is 2.19. The zero-order valence-electron chi connectivity index (χ0n) is 10.9. The highest BCUT2D eigenvalue weighted by molar-refractivity contribution is 14.0. The summed E-state index contributed by atoms with van der Waals surface area (Å²) in [6.45, 7) is 2.04. The second kappa shape index (κ2) is 6.20. The van der Waals surface area contributed by atoms with Gasteiger partial charge in [0.2, 0.25) is 0 Å². The predicted molar refractivity (Wildman–Crippen MR) is 80.1 cm³/mol. The van der Waals surface area contributed by atoms with Crippen molar-refractivity contribution >= 4 is 35.7 Å². The zero-order valence-corrected chi connectivity index (χ0v) is 13.2. The molecule has 0 N–H and O–H groups in total. The van der Waals surface area contributed by atoms with Crippen LogP contribution in [0.5, 0.6) is 5.75 Å². The minimum Gasteiger partial charge on any atom is -0.566 e. The van der Waals surface area contributed by atoms with Crippen molar-refractivity contribution in [2.75, 3.05) is 28.2 Å². The lowest BCUT2D eigenvalue weighted by Gasteiger charge is -2.26. The van der Waals surface area contributed by atoms with Crippen molar-refractivity contribution in [3.8, 4) is 5.75 Å². The van der Waals surface area contributed by atoms with Gasteiger partial charge in [-0.1, -0.05) is 6.07 Å². The molecule has 0 aliphatic carbocycles. The highest BCUT2D eigenvalue weighted by Gasteiger charge is 2.15. The normalized spacial score (nSPS) is 11.9. The Kier molecular flexibility index (Phi) is 5.91. The van der Waals surface area contributed by atoms with Crippen LogP contribution < -0.4 is 14.3 Å². The van der Waals surface area contributed by atoms with Crippen LogP contribution in [0.15, 0.2) is 23.2 Å². The van der Waals surface area contributed by atoms with Gasteiger partial charge in [0.15, 0.2) is 0 Å². The Bertz CT molecular complexity index is 411. The molecule has 1 aromatic carbocycles. The molecule has 1 aromatic rings. The van der Waals surface area contributed by atoms with Crippen molar-refractivity contribution in [1.29, 1.82) is 0 Å². The molecule has 0 saturated carbocycles. The van der Waals surface area contributed by atoms with Crippen LogP contribution in [0.2, 0.25) is 0 Å². The molecule has 0 amide bonds. The Morgan fingerprint density at radius 3 is 2.35 bits per heavy atom. The molecule has 0 bridgehead atoms. The van der Waals surface area contributed by atoms with Gasteiger partial charge >= 0.3 is 0 Å². The summed E-state index contributed by atoms with van der Waals surface area (Å²) in [4.78, 5) is 3.43. The molecular weight excluding hydrogens is 331 g/mol. The highest BCUT2D eigenvalue weighted by Crippen LogP contribution is 2.27. The SMILES string of the molecule is CN=C([O-])Oc1ccc(C)c([N+](C)(C)C)c1.I. The summed E-state index contributed by atoms with van der Waals surface area (Å²) in [5, 5.41) is 11.0. The molecule has 0 aromatic heterocycles. The smallest absolute Gasteiger partial charge is 0.149 e. The Labute approximate surface area is 120 Å². The van der Waals surface area contributed by atoms with E-state index in [2.05, 4.69) is 26.1 Å². The van der Waals surface area contributed by atoms with Gasteiger partial charge in [-0.2, -0.15) is 0 Å². The predicted octanol–water partition coefficient (Wildman–Crippen LogP) is 1.53. The summed E-state index contributed by atoms with van der Waals surface area (Å²) in [5.41, 5.74) is 2.28. The van der Waals surface area contributed by atoms with Crippen LogP contribution in [-0.4, -0.2) is 34.3 Å². The summed E-state index contributed by atoms with van der Waals surface area (Å²) >= 11 is 0. The van der Waals surface area contributed by atoms with Crippen molar-refractivity contribution in [1.82, 2.24) is 4.48 Å². The molecule has 0 fully saturated rings. The fourth-order valence-corrected chi connectivity index (χ4v) is 1.52. The van der Waals surface area contributed by atoms with E-state index in [0.717, 1.165) is 5.69 Å². The van der Waals surface area contributed by atoms with Crippen molar-refractivity contribution in [3.63, 3.8) is 0 Å². The number of hydrogen-bond acceptors (Lipinski definition) is 3. The zero-order chi connectivity index (χ0) is 12.3. The van der Waals surface area contributed by atoms with Crippen LogP contribution in [0.4, 0.5) is 5.69 Å². The topological polar surface area (TPSA) is 44.7 Å². The first-order valence-corrected chi connectivity index (χ1v) is 5.09. The van der Waals surface area contributed by atoms with Crippen molar-refractivity contribution in [2.45, 2.75) is 6.92 Å². The van der Waals surface area contributed by atoms with Gasteiger partial charge in [-0.05, 0) is 13.0 Å². The summed E-state index contributed by atoms with van der Waals surface area (Å²) in [7, 11) is 7.62. The molecule has 0 spiro atoms. The Balaban J connectivity index is 0.00000256. The van der Waals surface area contributed by atoms with E-state index in [1.165, 1.54) is 12.6 Å². The van der Waals surface area contributed by atoms with E-state index >= 15 is 0 Å². The number of benzene rings is 1. The van der Waals surface area contributed by atoms with Crippen LogP contribution in [0, 0.1) is 6.92 Å². The summed E-state index contributed by atoms with van der Waals surface area (Å²) in [5.74, 6) is 0.532. The third-order valence-electron chi connectivity index (χ3n) is 2.29. The third kappa shape index (κ3) is 4.51. The van der Waals surface area contributed by atoms with Gasteiger partial charge in [0, 0.05) is 24.4 Å². The van der Waals surface area contributed by atoms with E-state index < -0.39 is 6.08 Å². The van der Waals surface area contributed by atoms with Gasteiger partial charge in [0.1, 0.15) is 11.8 Å². The van der Waals surface area contributed by atoms with Crippen LogP contribution >= 0.6 is 24.0 Å². The Morgan fingerprint density at radius 1 is 1.29 bits per heavy atom. The highest BCUT2D eigenvalue weighted by atomic mass is 127. The average molecular weight is 350 g/mol. The van der Waals surface area contributed by atoms with Crippen molar-refractivity contribution < 1.29 is 9.84 Å². The van der Waals surface area contributed by atoms with Gasteiger partial charge in [0.05, 0.1) is 21.1 Å². The monoisotopic (exact) mass is 350 g/mol. The first-order valence-electron chi connectivity index (χ1n) is 5.09. The quantitative estimate of drug-likeness (QED) is 0.352. The fraction of sp³-hybridized carbons (Fsp3) is 0.417.